The molecule has 0 spiro atoms. The predicted octanol–water partition coefficient (Wildman–Crippen LogP) is 2.70. The lowest BCUT2D eigenvalue weighted by molar-refractivity contribution is -0.141. The van der Waals surface area contributed by atoms with E-state index < -0.39 is 5.97 Å². The average Bonchev–Trinajstić information content (AvgIpc) is 2.25. The molecule has 0 radical (unpaired) electrons. The van der Waals surface area contributed by atoms with E-state index in [2.05, 4.69) is 0 Å². The predicted molar refractivity (Wildman–Crippen MR) is 62.1 cm³/mol. The van der Waals surface area contributed by atoms with Crippen LogP contribution in [0.15, 0.2) is 30.3 Å². The topological polar surface area (TPSA) is 46.5 Å². The highest BCUT2D eigenvalue weighted by Crippen LogP contribution is 2.13. The lowest BCUT2D eigenvalue weighted by Gasteiger charge is -2.19. The van der Waals surface area contributed by atoms with Crippen molar-refractivity contribution in [1.82, 2.24) is 0 Å². The molecule has 88 valence electrons. The maximum atomic E-state index is 10.6. The van der Waals surface area contributed by atoms with Gasteiger partial charge in [-0.05, 0) is 11.5 Å². The minimum atomic E-state index is -0.813. The van der Waals surface area contributed by atoms with Crippen LogP contribution in [0.4, 0.5) is 0 Å². The fourth-order valence-electron chi connectivity index (χ4n) is 1.44. The van der Waals surface area contributed by atoms with Gasteiger partial charge in [0.05, 0.1) is 19.1 Å². The highest BCUT2D eigenvalue weighted by atomic mass is 16.5. The van der Waals surface area contributed by atoms with Gasteiger partial charge in [0.1, 0.15) is 0 Å². The molecule has 16 heavy (non-hydrogen) atoms. The molecule has 1 rings (SSSR count). The molecule has 1 N–H and O–H groups in total. The molecule has 1 aromatic rings. The normalized spacial score (nSPS) is 12.7. The summed E-state index contributed by atoms with van der Waals surface area (Å²) in [6, 6.07) is 9.78. The quantitative estimate of drug-likeness (QED) is 0.805. The van der Waals surface area contributed by atoms with Gasteiger partial charge in [0, 0.05) is 0 Å². The molecule has 0 amide bonds. The monoisotopic (exact) mass is 222 g/mol. The summed E-state index contributed by atoms with van der Waals surface area (Å²) in [7, 11) is 0. The molecule has 3 heteroatoms. The first-order valence-electron chi connectivity index (χ1n) is 5.47. The first-order valence-corrected chi connectivity index (χ1v) is 5.47. The maximum absolute atomic E-state index is 10.6. The Morgan fingerprint density at radius 1 is 1.31 bits per heavy atom. The van der Waals surface area contributed by atoms with Crippen molar-refractivity contribution in [3.63, 3.8) is 0 Å². The summed E-state index contributed by atoms with van der Waals surface area (Å²) in [5.74, 6) is -0.605. The summed E-state index contributed by atoms with van der Waals surface area (Å²) in [5, 5.41) is 8.75. The molecular formula is C13H18O3. The molecule has 0 heterocycles. The lowest BCUT2D eigenvalue weighted by atomic mass is 10.0. The van der Waals surface area contributed by atoms with Crippen molar-refractivity contribution >= 4 is 5.97 Å². The second-order valence-corrected chi connectivity index (χ2v) is 4.18. The number of carboxylic acids is 1. The van der Waals surface area contributed by atoms with Gasteiger partial charge in [0.15, 0.2) is 0 Å². The zero-order valence-electron chi connectivity index (χ0n) is 9.72. The molecule has 1 aromatic carbocycles. The number of carbonyl (C=O) groups is 1. The Bertz CT molecular complexity index is 319. The smallest absolute Gasteiger partial charge is 0.305 e. The molecule has 0 aliphatic rings. The van der Waals surface area contributed by atoms with Gasteiger partial charge in [0.25, 0.3) is 0 Å². The third kappa shape index (κ3) is 4.45. The molecule has 0 aliphatic carbocycles. The molecule has 0 saturated carbocycles. The molecule has 1 atom stereocenters. The zero-order valence-corrected chi connectivity index (χ0v) is 9.72. The Morgan fingerprint density at radius 2 is 1.94 bits per heavy atom. The van der Waals surface area contributed by atoms with E-state index in [0.29, 0.717) is 6.61 Å². The first kappa shape index (κ1) is 12.7. The van der Waals surface area contributed by atoms with Crippen LogP contribution < -0.4 is 0 Å². The maximum Gasteiger partial charge on any atom is 0.305 e. The van der Waals surface area contributed by atoms with Gasteiger partial charge in [-0.3, -0.25) is 4.79 Å². The highest BCUT2D eigenvalue weighted by Gasteiger charge is 2.17. The van der Waals surface area contributed by atoms with Crippen LogP contribution in [-0.2, 0) is 16.1 Å². The van der Waals surface area contributed by atoms with Crippen LogP contribution in [-0.4, -0.2) is 17.2 Å². The standard InChI is InChI=1S/C13H18O3/c1-10(2)12(8-13(14)15)16-9-11-6-4-3-5-7-11/h3-7,10,12H,8-9H2,1-2H3,(H,14,15)/t12-/m1/s1. The summed E-state index contributed by atoms with van der Waals surface area (Å²) in [6.07, 6.45) is -0.164. The van der Waals surface area contributed by atoms with E-state index in [9.17, 15) is 4.79 Å². The van der Waals surface area contributed by atoms with Crippen molar-refractivity contribution in [2.75, 3.05) is 0 Å². The summed E-state index contributed by atoms with van der Waals surface area (Å²) >= 11 is 0. The van der Waals surface area contributed by atoms with E-state index in [4.69, 9.17) is 9.84 Å². The number of ether oxygens (including phenoxy) is 1. The Kier molecular flexibility index (Phi) is 4.99. The largest absolute Gasteiger partial charge is 0.481 e. The number of aliphatic carboxylic acids is 1. The third-order valence-corrected chi connectivity index (χ3v) is 2.43. The van der Waals surface area contributed by atoms with Crippen molar-refractivity contribution in [2.45, 2.75) is 33.0 Å². The van der Waals surface area contributed by atoms with Crippen LogP contribution in [0.3, 0.4) is 0 Å². The Morgan fingerprint density at radius 3 is 2.44 bits per heavy atom. The van der Waals surface area contributed by atoms with Gasteiger partial charge >= 0.3 is 5.97 Å². The van der Waals surface area contributed by atoms with Crippen molar-refractivity contribution in [3.05, 3.63) is 35.9 Å². The Labute approximate surface area is 96.1 Å². The van der Waals surface area contributed by atoms with Gasteiger partial charge in [-0.15, -0.1) is 0 Å². The number of rotatable bonds is 6. The molecule has 0 fully saturated rings. The fraction of sp³-hybridized carbons (Fsp3) is 0.462. The number of hydrogen-bond donors (Lipinski definition) is 1. The highest BCUT2D eigenvalue weighted by molar-refractivity contribution is 5.67. The third-order valence-electron chi connectivity index (χ3n) is 2.43. The van der Waals surface area contributed by atoms with Gasteiger partial charge in [-0.25, -0.2) is 0 Å². The molecule has 0 bridgehead atoms. The van der Waals surface area contributed by atoms with E-state index in [1.165, 1.54) is 0 Å². The van der Waals surface area contributed by atoms with Gasteiger partial charge in [0.2, 0.25) is 0 Å². The molecule has 0 aromatic heterocycles. The molecule has 0 unspecified atom stereocenters. The van der Waals surface area contributed by atoms with E-state index in [-0.39, 0.29) is 18.4 Å². The van der Waals surface area contributed by atoms with Crippen molar-refractivity contribution < 1.29 is 14.6 Å². The molecule has 0 saturated heterocycles. The molecular weight excluding hydrogens is 204 g/mol. The zero-order chi connectivity index (χ0) is 12.0. The first-order chi connectivity index (χ1) is 7.59. The SMILES string of the molecule is CC(C)[C@@H](CC(=O)O)OCc1ccccc1. The minimum Gasteiger partial charge on any atom is -0.481 e. The van der Waals surface area contributed by atoms with Crippen LogP contribution in [0, 0.1) is 5.92 Å². The Hall–Kier alpha value is -1.35. The van der Waals surface area contributed by atoms with Crippen LogP contribution in [0.2, 0.25) is 0 Å². The molecule has 0 aliphatic heterocycles. The van der Waals surface area contributed by atoms with Crippen LogP contribution in [0.1, 0.15) is 25.8 Å². The lowest BCUT2D eigenvalue weighted by Crippen LogP contribution is -2.23. The van der Waals surface area contributed by atoms with Crippen LogP contribution in [0.25, 0.3) is 0 Å². The van der Waals surface area contributed by atoms with Crippen LogP contribution in [0.5, 0.6) is 0 Å². The second-order valence-electron chi connectivity index (χ2n) is 4.18. The average molecular weight is 222 g/mol. The van der Waals surface area contributed by atoms with E-state index in [1.807, 2.05) is 44.2 Å². The van der Waals surface area contributed by atoms with Crippen molar-refractivity contribution in [2.24, 2.45) is 5.92 Å². The molecule has 3 nitrogen and oxygen atoms in total. The summed E-state index contributed by atoms with van der Waals surface area (Å²) in [4.78, 5) is 10.6. The number of hydrogen-bond acceptors (Lipinski definition) is 2. The minimum absolute atomic E-state index is 0.0600. The fourth-order valence-corrected chi connectivity index (χ4v) is 1.44. The van der Waals surface area contributed by atoms with E-state index in [1.54, 1.807) is 0 Å². The van der Waals surface area contributed by atoms with E-state index in [0.717, 1.165) is 5.56 Å². The van der Waals surface area contributed by atoms with E-state index >= 15 is 0 Å². The summed E-state index contributed by atoms with van der Waals surface area (Å²) in [5.41, 5.74) is 1.07. The van der Waals surface area contributed by atoms with Crippen molar-refractivity contribution in [1.29, 1.82) is 0 Å². The van der Waals surface area contributed by atoms with Crippen molar-refractivity contribution in [3.8, 4) is 0 Å². The summed E-state index contributed by atoms with van der Waals surface area (Å²) in [6.45, 7) is 4.41. The summed E-state index contributed by atoms with van der Waals surface area (Å²) < 4.78 is 5.62. The van der Waals surface area contributed by atoms with Gasteiger partial charge in [-0.1, -0.05) is 44.2 Å². The second kappa shape index (κ2) is 6.28. The van der Waals surface area contributed by atoms with Gasteiger partial charge in [-0.2, -0.15) is 0 Å². The Balaban J connectivity index is 2.47. The number of benzene rings is 1. The van der Waals surface area contributed by atoms with Crippen LogP contribution >= 0.6 is 0 Å². The number of carboxylic acid groups (broad SMARTS) is 1. The van der Waals surface area contributed by atoms with Gasteiger partial charge < -0.3 is 9.84 Å².